The van der Waals surface area contributed by atoms with Gasteiger partial charge in [0.15, 0.2) is 0 Å². The van der Waals surface area contributed by atoms with Crippen molar-refractivity contribution in [1.29, 1.82) is 0 Å². The summed E-state index contributed by atoms with van der Waals surface area (Å²) in [6.45, 7) is 0.916. The summed E-state index contributed by atoms with van der Waals surface area (Å²) in [4.78, 5) is 10.2. The Bertz CT molecular complexity index is 198. The molecule has 0 rings (SSSR count). The second kappa shape index (κ2) is 7.90. The van der Waals surface area contributed by atoms with Crippen molar-refractivity contribution in [3.63, 3.8) is 0 Å². The van der Waals surface area contributed by atoms with Gasteiger partial charge in [0.25, 0.3) is 0 Å². The fraction of sp³-hybridized carbons (Fsp3) is 0.875. The molecule has 2 atom stereocenters. The first-order valence-corrected chi connectivity index (χ1v) is 6.15. The van der Waals surface area contributed by atoms with E-state index in [9.17, 15) is 9.00 Å². The largest absolute Gasteiger partial charge is 0.481 e. The highest BCUT2D eigenvalue weighted by atomic mass is 32.2. The van der Waals surface area contributed by atoms with Crippen LogP contribution in [-0.2, 0) is 15.6 Å². The summed E-state index contributed by atoms with van der Waals surface area (Å²) in [5.41, 5.74) is 0. The van der Waals surface area contributed by atoms with Gasteiger partial charge in [0.2, 0.25) is 0 Å². The van der Waals surface area contributed by atoms with Crippen LogP contribution in [0.1, 0.15) is 12.8 Å². The molecule has 0 aliphatic carbocycles. The van der Waals surface area contributed by atoms with Gasteiger partial charge in [-0.3, -0.25) is 9.00 Å². The standard InChI is InChI=1S/C8H17NO4S/c1-14(13)4-2-3-9-6-7(10)5-8(11)12/h7,9-10H,2-6H2,1H3,(H,11,12). The van der Waals surface area contributed by atoms with Gasteiger partial charge in [-0.15, -0.1) is 0 Å². The maximum Gasteiger partial charge on any atom is 0.306 e. The van der Waals surface area contributed by atoms with Crippen LogP contribution in [0.25, 0.3) is 0 Å². The summed E-state index contributed by atoms with van der Waals surface area (Å²) in [6.07, 6.45) is 1.31. The molecule has 3 N–H and O–H groups in total. The summed E-state index contributed by atoms with van der Waals surface area (Å²) in [7, 11) is -0.785. The van der Waals surface area contributed by atoms with Gasteiger partial charge in [-0.05, 0) is 13.0 Å². The zero-order chi connectivity index (χ0) is 11.0. The Balaban J connectivity index is 3.27. The van der Waals surface area contributed by atoms with Crippen LogP contribution in [0, 0.1) is 0 Å². The highest BCUT2D eigenvalue weighted by molar-refractivity contribution is 7.84. The van der Waals surface area contributed by atoms with Crippen LogP contribution in [0.4, 0.5) is 0 Å². The van der Waals surface area contributed by atoms with Crippen LogP contribution in [0.5, 0.6) is 0 Å². The van der Waals surface area contributed by atoms with E-state index in [0.717, 1.165) is 6.42 Å². The average Bonchev–Trinajstić information content (AvgIpc) is 2.01. The minimum Gasteiger partial charge on any atom is -0.481 e. The van der Waals surface area contributed by atoms with E-state index in [1.54, 1.807) is 6.26 Å². The quantitative estimate of drug-likeness (QED) is 0.468. The zero-order valence-electron chi connectivity index (χ0n) is 8.23. The van der Waals surface area contributed by atoms with E-state index in [-0.39, 0.29) is 13.0 Å². The molecule has 0 aromatic carbocycles. The van der Waals surface area contributed by atoms with Crippen molar-refractivity contribution in [2.45, 2.75) is 18.9 Å². The molecule has 0 heterocycles. The van der Waals surface area contributed by atoms with Gasteiger partial charge >= 0.3 is 5.97 Å². The second-order valence-electron chi connectivity index (χ2n) is 3.09. The van der Waals surface area contributed by atoms with E-state index in [1.165, 1.54) is 0 Å². The lowest BCUT2D eigenvalue weighted by Gasteiger charge is -2.08. The van der Waals surface area contributed by atoms with Crippen molar-refractivity contribution in [3.8, 4) is 0 Å². The first-order valence-electron chi connectivity index (χ1n) is 4.43. The normalized spacial score (nSPS) is 15.0. The van der Waals surface area contributed by atoms with Crippen LogP contribution in [0.2, 0.25) is 0 Å². The summed E-state index contributed by atoms with van der Waals surface area (Å²) >= 11 is 0. The fourth-order valence-corrected chi connectivity index (χ4v) is 1.49. The summed E-state index contributed by atoms with van der Waals surface area (Å²) in [5, 5.41) is 20.4. The fourth-order valence-electron chi connectivity index (χ4n) is 0.943. The molecule has 0 radical (unpaired) electrons. The molecule has 2 unspecified atom stereocenters. The Morgan fingerprint density at radius 1 is 1.57 bits per heavy atom. The van der Waals surface area contributed by atoms with Crippen molar-refractivity contribution in [1.82, 2.24) is 5.32 Å². The number of aliphatic carboxylic acids is 1. The number of hydrogen-bond donors (Lipinski definition) is 3. The number of aliphatic hydroxyl groups excluding tert-OH is 1. The SMILES string of the molecule is CS(=O)CCCNCC(O)CC(=O)O. The molecule has 14 heavy (non-hydrogen) atoms. The molecular formula is C8H17NO4S. The van der Waals surface area contributed by atoms with Crippen molar-refractivity contribution in [2.75, 3.05) is 25.1 Å². The molecule has 6 heteroatoms. The number of rotatable bonds is 8. The number of aliphatic hydroxyl groups is 1. The van der Waals surface area contributed by atoms with E-state index >= 15 is 0 Å². The zero-order valence-corrected chi connectivity index (χ0v) is 9.05. The Morgan fingerprint density at radius 2 is 2.21 bits per heavy atom. The molecule has 0 aliphatic rings. The molecule has 0 saturated carbocycles. The third-order valence-corrected chi connectivity index (χ3v) is 2.44. The van der Waals surface area contributed by atoms with E-state index < -0.39 is 22.9 Å². The maximum atomic E-state index is 10.6. The van der Waals surface area contributed by atoms with E-state index in [1.807, 2.05) is 0 Å². The molecule has 0 aliphatic heterocycles. The van der Waals surface area contributed by atoms with Crippen LogP contribution in [-0.4, -0.2) is 51.6 Å². The Hall–Kier alpha value is -0.460. The molecule has 5 nitrogen and oxygen atoms in total. The predicted molar refractivity (Wildman–Crippen MR) is 54.7 cm³/mol. The maximum absolute atomic E-state index is 10.6. The minimum atomic E-state index is -1.01. The van der Waals surface area contributed by atoms with Crippen LogP contribution >= 0.6 is 0 Å². The van der Waals surface area contributed by atoms with Crippen LogP contribution < -0.4 is 5.32 Å². The number of carbonyl (C=O) groups is 1. The molecule has 0 aromatic rings. The lowest BCUT2D eigenvalue weighted by atomic mass is 10.2. The average molecular weight is 223 g/mol. The molecule has 0 spiro atoms. The van der Waals surface area contributed by atoms with Crippen molar-refractivity contribution in [2.24, 2.45) is 0 Å². The topological polar surface area (TPSA) is 86.6 Å². The highest BCUT2D eigenvalue weighted by Crippen LogP contribution is 1.89. The van der Waals surface area contributed by atoms with E-state index in [4.69, 9.17) is 10.2 Å². The molecule has 84 valence electrons. The number of nitrogens with one attached hydrogen (secondary N) is 1. The molecular weight excluding hydrogens is 206 g/mol. The summed E-state index contributed by atoms with van der Waals surface area (Å²) in [5.74, 6) is -0.379. The highest BCUT2D eigenvalue weighted by Gasteiger charge is 2.07. The molecule has 0 saturated heterocycles. The molecule has 0 fully saturated rings. The number of carboxylic acid groups (broad SMARTS) is 1. The van der Waals surface area contributed by atoms with E-state index in [2.05, 4.69) is 5.32 Å². The second-order valence-corrected chi connectivity index (χ2v) is 4.64. The number of carboxylic acids is 1. The van der Waals surface area contributed by atoms with Crippen molar-refractivity contribution < 1.29 is 19.2 Å². The number of hydrogen-bond acceptors (Lipinski definition) is 4. The molecule has 0 aromatic heterocycles. The van der Waals surface area contributed by atoms with Gasteiger partial charge in [-0.25, -0.2) is 0 Å². The predicted octanol–water partition coefficient (Wildman–Crippen LogP) is -0.820. The smallest absolute Gasteiger partial charge is 0.306 e. The lowest BCUT2D eigenvalue weighted by molar-refractivity contribution is -0.139. The lowest BCUT2D eigenvalue weighted by Crippen LogP contribution is -2.29. The van der Waals surface area contributed by atoms with Crippen LogP contribution in [0.15, 0.2) is 0 Å². The Labute approximate surface area is 86.0 Å². The Kier molecular flexibility index (Phi) is 7.64. The van der Waals surface area contributed by atoms with Gasteiger partial charge < -0.3 is 15.5 Å². The minimum absolute atomic E-state index is 0.243. The summed E-state index contributed by atoms with van der Waals surface area (Å²) in [6, 6.07) is 0. The van der Waals surface area contributed by atoms with Gasteiger partial charge in [0.1, 0.15) is 0 Å². The van der Waals surface area contributed by atoms with Crippen molar-refractivity contribution >= 4 is 16.8 Å². The first-order chi connectivity index (χ1) is 6.52. The first kappa shape index (κ1) is 13.5. The van der Waals surface area contributed by atoms with Crippen LogP contribution in [0.3, 0.4) is 0 Å². The Morgan fingerprint density at radius 3 is 2.71 bits per heavy atom. The van der Waals surface area contributed by atoms with Gasteiger partial charge in [0, 0.05) is 29.4 Å². The molecule has 0 amide bonds. The van der Waals surface area contributed by atoms with Gasteiger partial charge in [-0.2, -0.15) is 0 Å². The monoisotopic (exact) mass is 223 g/mol. The summed E-state index contributed by atoms with van der Waals surface area (Å²) < 4.78 is 10.6. The van der Waals surface area contributed by atoms with Crippen molar-refractivity contribution in [3.05, 3.63) is 0 Å². The third kappa shape index (κ3) is 9.63. The van der Waals surface area contributed by atoms with Gasteiger partial charge in [0.05, 0.1) is 12.5 Å². The molecule has 0 bridgehead atoms. The van der Waals surface area contributed by atoms with E-state index in [0.29, 0.717) is 12.3 Å². The van der Waals surface area contributed by atoms with Gasteiger partial charge in [-0.1, -0.05) is 0 Å². The third-order valence-electron chi connectivity index (χ3n) is 1.58.